The Labute approximate surface area is 107 Å². The average Bonchev–Trinajstić information content (AvgIpc) is 3.18. The number of nitrogens with one attached hydrogen (secondary N) is 1. The van der Waals surface area contributed by atoms with Gasteiger partial charge in [0.2, 0.25) is 0 Å². The van der Waals surface area contributed by atoms with Gasteiger partial charge in [0.15, 0.2) is 0 Å². The summed E-state index contributed by atoms with van der Waals surface area (Å²) in [7, 11) is 0. The Morgan fingerprint density at radius 3 is 2.47 bits per heavy atom. The highest BCUT2D eigenvalue weighted by Crippen LogP contribution is 2.32. The maximum absolute atomic E-state index is 3.79. The molecule has 100 valence electrons. The molecular formula is C15H30N2. The lowest BCUT2D eigenvalue weighted by Crippen LogP contribution is -2.52. The molecule has 0 amide bonds. The SMILES string of the molecule is CCCNC1CCCCC1N(CC)CC1CC1. The molecule has 2 saturated carbocycles. The Hall–Kier alpha value is -0.0800. The van der Waals surface area contributed by atoms with E-state index >= 15 is 0 Å². The second kappa shape index (κ2) is 6.75. The Morgan fingerprint density at radius 1 is 1.06 bits per heavy atom. The highest BCUT2D eigenvalue weighted by atomic mass is 15.2. The van der Waals surface area contributed by atoms with Crippen molar-refractivity contribution in [2.24, 2.45) is 5.92 Å². The van der Waals surface area contributed by atoms with E-state index in [1.54, 1.807) is 0 Å². The fourth-order valence-corrected chi connectivity index (χ4v) is 3.25. The van der Waals surface area contributed by atoms with Gasteiger partial charge in [-0.3, -0.25) is 4.90 Å². The number of rotatable bonds is 7. The molecular weight excluding hydrogens is 208 g/mol. The van der Waals surface area contributed by atoms with Crippen molar-refractivity contribution in [3.63, 3.8) is 0 Å². The number of likely N-dealkylation sites (N-methyl/N-ethyl adjacent to an activating group) is 1. The molecule has 2 rings (SSSR count). The van der Waals surface area contributed by atoms with E-state index in [9.17, 15) is 0 Å². The third kappa shape index (κ3) is 3.96. The van der Waals surface area contributed by atoms with Gasteiger partial charge < -0.3 is 5.32 Å². The number of nitrogens with zero attached hydrogens (tertiary/aromatic N) is 1. The van der Waals surface area contributed by atoms with Crippen molar-refractivity contribution >= 4 is 0 Å². The first-order valence-corrected chi connectivity index (χ1v) is 7.82. The van der Waals surface area contributed by atoms with Gasteiger partial charge in [-0.05, 0) is 51.1 Å². The van der Waals surface area contributed by atoms with E-state index in [2.05, 4.69) is 24.1 Å². The number of hydrogen-bond donors (Lipinski definition) is 1. The Morgan fingerprint density at radius 2 is 1.82 bits per heavy atom. The normalized spacial score (nSPS) is 29.8. The second-order valence-electron chi connectivity index (χ2n) is 5.94. The van der Waals surface area contributed by atoms with E-state index in [0.717, 1.165) is 18.0 Å². The van der Waals surface area contributed by atoms with Gasteiger partial charge >= 0.3 is 0 Å². The van der Waals surface area contributed by atoms with Crippen LogP contribution in [0.3, 0.4) is 0 Å². The molecule has 0 heterocycles. The van der Waals surface area contributed by atoms with Crippen LogP contribution in [0.5, 0.6) is 0 Å². The first kappa shape index (κ1) is 13.4. The minimum absolute atomic E-state index is 0.766. The third-order valence-electron chi connectivity index (χ3n) is 4.45. The molecule has 17 heavy (non-hydrogen) atoms. The van der Waals surface area contributed by atoms with Crippen LogP contribution >= 0.6 is 0 Å². The van der Waals surface area contributed by atoms with Gasteiger partial charge in [0, 0.05) is 18.6 Å². The summed E-state index contributed by atoms with van der Waals surface area (Å²) in [6, 6.07) is 1.59. The van der Waals surface area contributed by atoms with Gasteiger partial charge in [-0.1, -0.05) is 26.7 Å². The minimum atomic E-state index is 0.766. The number of hydrogen-bond acceptors (Lipinski definition) is 2. The fourth-order valence-electron chi connectivity index (χ4n) is 3.25. The molecule has 0 bridgehead atoms. The third-order valence-corrected chi connectivity index (χ3v) is 4.45. The molecule has 2 aliphatic rings. The Kier molecular flexibility index (Phi) is 5.30. The monoisotopic (exact) mass is 238 g/mol. The van der Waals surface area contributed by atoms with Crippen LogP contribution in [0.15, 0.2) is 0 Å². The summed E-state index contributed by atoms with van der Waals surface area (Å²) in [5, 5.41) is 3.79. The summed E-state index contributed by atoms with van der Waals surface area (Å²) in [6.07, 6.45) is 9.91. The molecule has 0 radical (unpaired) electrons. The topological polar surface area (TPSA) is 15.3 Å². The lowest BCUT2D eigenvalue weighted by atomic mass is 9.88. The van der Waals surface area contributed by atoms with Gasteiger partial charge in [-0.2, -0.15) is 0 Å². The molecule has 0 aliphatic heterocycles. The van der Waals surface area contributed by atoms with Gasteiger partial charge in [-0.25, -0.2) is 0 Å². The van der Waals surface area contributed by atoms with Crippen LogP contribution in [-0.4, -0.2) is 36.6 Å². The maximum atomic E-state index is 3.79. The van der Waals surface area contributed by atoms with Crippen LogP contribution in [0.1, 0.15) is 58.8 Å². The predicted molar refractivity (Wildman–Crippen MR) is 74.3 cm³/mol. The summed E-state index contributed by atoms with van der Waals surface area (Å²) in [5.74, 6) is 1.03. The maximum Gasteiger partial charge on any atom is 0.0249 e. The Bertz CT molecular complexity index is 213. The van der Waals surface area contributed by atoms with Crippen LogP contribution in [0, 0.1) is 5.92 Å². The summed E-state index contributed by atoms with van der Waals surface area (Å²) < 4.78 is 0. The molecule has 2 aliphatic carbocycles. The summed E-state index contributed by atoms with van der Waals surface area (Å²) in [5.41, 5.74) is 0. The molecule has 0 aromatic rings. The van der Waals surface area contributed by atoms with Crippen molar-refractivity contribution in [3.8, 4) is 0 Å². The van der Waals surface area contributed by atoms with Crippen LogP contribution < -0.4 is 5.32 Å². The van der Waals surface area contributed by atoms with Crippen molar-refractivity contribution < 1.29 is 0 Å². The van der Waals surface area contributed by atoms with Gasteiger partial charge in [0.1, 0.15) is 0 Å². The molecule has 2 fully saturated rings. The zero-order valence-electron chi connectivity index (χ0n) is 11.8. The first-order chi connectivity index (χ1) is 8.35. The molecule has 1 N–H and O–H groups in total. The van der Waals surface area contributed by atoms with Crippen LogP contribution in [-0.2, 0) is 0 Å². The standard InChI is InChI=1S/C15H30N2/c1-3-11-16-14-7-5-6-8-15(14)17(4-2)12-13-9-10-13/h13-16H,3-12H2,1-2H3. The summed E-state index contributed by atoms with van der Waals surface area (Å²) in [4.78, 5) is 2.77. The van der Waals surface area contributed by atoms with Gasteiger partial charge in [0.05, 0.1) is 0 Å². The minimum Gasteiger partial charge on any atom is -0.312 e. The molecule has 0 aromatic carbocycles. The molecule has 0 spiro atoms. The average molecular weight is 238 g/mol. The quantitative estimate of drug-likeness (QED) is 0.733. The van der Waals surface area contributed by atoms with E-state index in [0.29, 0.717) is 0 Å². The fraction of sp³-hybridized carbons (Fsp3) is 1.00. The zero-order chi connectivity index (χ0) is 12.1. The van der Waals surface area contributed by atoms with Crippen molar-refractivity contribution in [1.82, 2.24) is 10.2 Å². The van der Waals surface area contributed by atoms with E-state index < -0.39 is 0 Å². The van der Waals surface area contributed by atoms with E-state index in [4.69, 9.17) is 0 Å². The van der Waals surface area contributed by atoms with E-state index in [-0.39, 0.29) is 0 Å². The molecule has 0 saturated heterocycles. The molecule has 0 aromatic heterocycles. The smallest absolute Gasteiger partial charge is 0.0249 e. The first-order valence-electron chi connectivity index (χ1n) is 7.82. The second-order valence-corrected chi connectivity index (χ2v) is 5.94. The lowest BCUT2D eigenvalue weighted by Gasteiger charge is -2.40. The summed E-state index contributed by atoms with van der Waals surface area (Å²) >= 11 is 0. The molecule has 2 nitrogen and oxygen atoms in total. The zero-order valence-corrected chi connectivity index (χ0v) is 11.8. The molecule has 2 atom stereocenters. The van der Waals surface area contributed by atoms with Crippen molar-refractivity contribution in [2.45, 2.75) is 70.9 Å². The summed E-state index contributed by atoms with van der Waals surface area (Å²) in [6.45, 7) is 8.42. The van der Waals surface area contributed by atoms with Crippen LogP contribution in [0.4, 0.5) is 0 Å². The van der Waals surface area contributed by atoms with Gasteiger partial charge in [-0.15, -0.1) is 0 Å². The molecule has 2 heteroatoms. The highest BCUT2D eigenvalue weighted by molar-refractivity contribution is 4.90. The van der Waals surface area contributed by atoms with Crippen molar-refractivity contribution in [3.05, 3.63) is 0 Å². The predicted octanol–water partition coefficient (Wildman–Crippen LogP) is 3.03. The lowest BCUT2D eigenvalue weighted by molar-refractivity contribution is 0.122. The highest BCUT2D eigenvalue weighted by Gasteiger charge is 2.32. The van der Waals surface area contributed by atoms with Crippen molar-refractivity contribution in [2.75, 3.05) is 19.6 Å². The Balaban J connectivity index is 1.87. The van der Waals surface area contributed by atoms with Gasteiger partial charge in [0.25, 0.3) is 0 Å². The largest absolute Gasteiger partial charge is 0.312 e. The van der Waals surface area contributed by atoms with Crippen molar-refractivity contribution in [1.29, 1.82) is 0 Å². The van der Waals surface area contributed by atoms with E-state index in [1.807, 2.05) is 0 Å². The van der Waals surface area contributed by atoms with E-state index in [1.165, 1.54) is 64.6 Å². The van der Waals surface area contributed by atoms with Crippen LogP contribution in [0.2, 0.25) is 0 Å². The molecule has 2 unspecified atom stereocenters. The van der Waals surface area contributed by atoms with Crippen LogP contribution in [0.25, 0.3) is 0 Å².